The summed E-state index contributed by atoms with van der Waals surface area (Å²) in [7, 11) is 0. The molecule has 1 aromatic heterocycles. The average Bonchev–Trinajstić information content (AvgIpc) is 2.77. The van der Waals surface area contributed by atoms with Crippen molar-refractivity contribution in [2.75, 3.05) is 6.54 Å². The maximum atomic E-state index is 12.5. The monoisotopic (exact) mass is 405 g/mol. The minimum Gasteiger partial charge on any atom is -0.350 e. The Kier molecular flexibility index (Phi) is 6.18. The normalized spacial score (nSPS) is 17.2. The Labute approximate surface area is 175 Å². The molecule has 0 radical (unpaired) electrons. The Morgan fingerprint density at radius 2 is 1.87 bits per heavy atom. The van der Waals surface area contributed by atoms with Crippen molar-refractivity contribution in [3.63, 3.8) is 0 Å². The van der Waals surface area contributed by atoms with Crippen molar-refractivity contribution < 1.29 is 4.79 Å². The van der Waals surface area contributed by atoms with Crippen LogP contribution in [-0.4, -0.2) is 38.4 Å². The third kappa shape index (κ3) is 4.57. The molecule has 0 spiro atoms. The van der Waals surface area contributed by atoms with E-state index >= 15 is 0 Å². The Bertz CT molecular complexity index is 1090. The van der Waals surface area contributed by atoms with Gasteiger partial charge in [0, 0.05) is 19.1 Å². The molecule has 1 atom stereocenters. The molecule has 2 heterocycles. The molecule has 1 saturated heterocycles. The SMILES string of the molecule is CC1CCCCN1Cc1ccccc1CNC(=O)Cn1nnc2ccccc2c1=O. The van der Waals surface area contributed by atoms with Gasteiger partial charge in [-0.25, -0.2) is 4.68 Å². The summed E-state index contributed by atoms with van der Waals surface area (Å²) in [6.07, 6.45) is 3.78. The highest BCUT2D eigenvalue weighted by atomic mass is 16.2. The number of hydrogen-bond donors (Lipinski definition) is 1. The molecule has 1 fully saturated rings. The van der Waals surface area contributed by atoms with Crippen LogP contribution in [0, 0.1) is 0 Å². The fourth-order valence-corrected chi connectivity index (χ4v) is 4.01. The van der Waals surface area contributed by atoms with Gasteiger partial charge in [-0.3, -0.25) is 14.5 Å². The van der Waals surface area contributed by atoms with E-state index in [9.17, 15) is 9.59 Å². The molecule has 1 amide bonds. The highest BCUT2D eigenvalue weighted by molar-refractivity contribution is 5.78. The first kappa shape index (κ1) is 20.2. The number of fused-ring (bicyclic) bond motifs is 1. The van der Waals surface area contributed by atoms with E-state index in [1.165, 1.54) is 24.8 Å². The van der Waals surface area contributed by atoms with Crippen molar-refractivity contribution in [1.82, 2.24) is 25.2 Å². The van der Waals surface area contributed by atoms with Crippen LogP contribution in [0.15, 0.2) is 53.3 Å². The van der Waals surface area contributed by atoms with Gasteiger partial charge < -0.3 is 5.32 Å². The smallest absolute Gasteiger partial charge is 0.278 e. The van der Waals surface area contributed by atoms with E-state index in [0.717, 1.165) is 23.3 Å². The molecule has 2 aromatic carbocycles. The molecule has 3 aromatic rings. The summed E-state index contributed by atoms with van der Waals surface area (Å²) < 4.78 is 1.11. The second-order valence-electron chi connectivity index (χ2n) is 7.93. The number of rotatable bonds is 6. The van der Waals surface area contributed by atoms with Gasteiger partial charge in [-0.15, -0.1) is 5.10 Å². The summed E-state index contributed by atoms with van der Waals surface area (Å²) in [5.41, 5.74) is 2.55. The molecule has 1 N–H and O–H groups in total. The van der Waals surface area contributed by atoms with Crippen LogP contribution in [0.3, 0.4) is 0 Å². The molecular formula is C23H27N5O2. The lowest BCUT2D eigenvalue weighted by Gasteiger charge is -2.33. The Morgan fingerprint density at radius 3 is 2.70 bits per heavy atom. The summed E-state index contributed by atoms with van der Waals surface area (Å²) in [6.45, 7) is 4.56. The number of likely N-dealkylation sites (tertiary alicyclic amines) is 1. The molecule has 1 unspecified atom stereocenters. The molecule has 1 aliphatic heterocycles. The van der Waals surface area contributed by atoms with Gasteiger partial charge in [0.1, 0.15) is 12.1 Å². The molecule has 7 nitrogen and oxygen atoms in total. The first-order valence-electron chi connectivity index (χ1n) is 10.5. The minimum absolute atomic E-state index is 0.151. The van der Waals surface area contributed by atoms with Crippen molar-refractivity contribution in [2.45, 2.75) is 51.9 Å². The highest BCUT2D eigenvalue weighted by Gasteiger charge is 2.19. The van der Waals surface area contributed by atoms with Crippen LogP contribution < -0.4 is 10.9 Å². The summed E-state index contributed by atoms with van der Waals surface area (Å²) in [5.74, 6) is -0.261. The lowest BCUT2D eigenvalue weighted by atomic mass is 10.0. The van der Waals surface area contributed by atoms with Gasteiger partial charge in [0.15, 0.2) is 0 Å². The van der Waals surface area contributed by atoms with E-state index in [-0.39, 0.29) is 18.0 Å². The van der Waals surface area contributed by atoms with Crippen molar-refractivity contribution in [3.05, 3.63) is 70.0 Å². The standard InChI is InChI=1S/C23H27N5O2/c1-17-8-6-7-13-27(17)15-19-10-3-2-9-18(19)14-24-22(29)16-28-23(30)20-11-4-5-12-21(20)25-26-28/h2-5,9-12,17H,6-8,13-16H2,1H3,(H,24,29). The molecule has 0 bridgehead atoms. The Hall–Kier alpha value is -3.06. The van der Waals surface area contributed by atoms with Crippen molar-refractivity contribution in [1.29, 1.82) is 0 Å². The quantitative estimate of drug-likeness (QED) is 0.682. The zero-order valence-electron chi connectivity index (χ0n) is 17.3. The number of nitrogens with one attached hydrogen (secondary N) is 1. The van der Waals surface area contributed by atoms with E-state index in [1.54, 1.807) is 24.3 Å². The van der Waals surface area contributed by atoms with E-state index in [4.69, 9.17) is 0 Å². The molecule has 156 valence electrons. The number of hydrogen-bond acceptors (Lipinski definition) is 5. The second-order valence-corrected chi connectivity index (χ2v) is 7.93. The van der Waals surface area contributed by atoms with Gasteiger partial charge in [0.25, 0.3) is 5.56 Å². The molecular weight excluding hydrogens is 378 g/mol. The zero-order valence-corrected chi connectivity index (χ0v) is 17.3. The van der Waals surface area contributed by atoms with Crippen molar-refractivity contribution in [2.24, 2.45) is 0 Å². The number of carbonyl (C=O) groups is 1. The highest BCUT2D eigenvalue weighted by Crippen LogP contribution is 2.20. The molecule has 0 aliphatic carbocycles. The summed E-state index contributed by atoms with van der Waals surface area (Å²) in [6, 6.07) is 15.8. The van der Waals surface area contributed by atoms with E-state index in [0.29, 0.717) is 23.5 Å². The van der Waals surface area contributed by atoms with E-state index in [2.05, 4.69) is 33.5 Å². The van der Waals surface area contributed by atoms with Crippen LogP contribution in [0.2, 0.25) is 0 Å². The van der Waals surface area contributed by atoms with Crippen LogP contribution in [0.5, 0.6) is 0 Å². The maximum absolute atomic E-state index is 12.5. The lowest BCUT2D eigenvalue weighted by Crippen LogP contribution is -2.37. The summed E-state index contributed by atoms with van der Waals surface area (Å²) in [5, 5.41) is 11.3. The van der Waals surface area contributed by atoms with E-state index in [1.807, 2.05) is 18.2 Å². The van der Waals surface area contributed by atoms with Crippen LogP contribution >= 0.6 is 0 Å². The largest absolute Gasteiger partial charge is 0.350 e. The first-order chi connectivity index (χ1) is 14.6. The fourth-order valence-electron chi connectivity index (χ4n) is 4.01. The predicted octanol–water partition coefficient (Wildman–Crippen LogP) is 2.48. The molecule has 1 aliphatic rings. The Morgan fingerprint density at radius 1 is 1.10 bits per heavy atom. The molecule has 30 heavy (non-hydrogen) atoms. The summed E-state index contributed by atoms with van der Waals surface area (Å²) >= 11 is 0. The molecule has 4 rings (SSSR count). The topological polar surface area (TPSA) is 80.1 Å². The van der Waals surface area contributed by atoms with Crippen molar-refractivity contribution >= 4 is 16.8 Å². The molecule has 7 heteroatoms. The van der Waals surface area contributed by atoms with Gasteiger partial charge >= 0.3 is 0 Å². The zero-order chi connectivity index (χ0) is 20.9. The van der Waals surface area contributed by atoms with Crippen LogP contribution in [0.1, 0.15) is 37.3 Å². The van der Waals surface area contributed by atoms with Crippen LogP contribution in [0.25, 0.3) is 10.9 Å². The van der Waals surface area contributed by atoms with Gasteiger partial charge in [-0.1, -0.05) is 48.0 Å². The maximum Gasteiger partial charge on any atom is 0.278 e. The van der Waals surface area contributed by atoms with Crippen LogP contribution in [0.4, 0.5) is 0 Å². The third-order valence-corrected chi connectivity index (χ3v) is 5.83. The fraction of sp³-hybridized carbons (Fsp3) is 0.391. The number of carbonyl (C=O) groups excluding carboxylic acids is 1. The van der Waals surface area contributed by atoms with Crippen LogP contribution in [-0.2, 0) is 24.4 Å². The number of aromatic nitrogens is 3. The van der Waals surface area contributed by atoms with Gasteiger partial charge in [-0.05, 0) is 49.6 Å². The number of nitrogens with zero attached hydrogens (tertiary/aromatic N) is 4. The van der Waals surface area contributed by atoms with Crippen molar-refractivity contribution in [3.8, 4) is 0 Å². The first-order valence-corrected chi connectivity index (χ1v) is 10.5. The van der Waals surface area contributed by atoms with Gasteiger partial charge in [0.05, 0.1) is 5.39 Å². The number of benzene rings is 2. The lowest BCUT2D eigenvalue weighted by molar-refractivity contribution is -0.122. The van der Waals surface area contributed by atoms with Gasteiger partial charge in [-0.2, -0.15) is 0 Å². The minimum atomic E-state index is -0.310. The summed E-state index contributed by atoms with van der Waals surface area (Å²) in [4.78, 5) is 27.5. The molecule has 0 saturated carbocycles. The Balaban J connectivity index is 1.41. The number of piperidine rings is 1. The van der Waals surface area contributed by atoms with Gasteiger partial charge in [0.2, 0.25) is 5.91 Å². The number of amides is 1. The predicted molar refractivity (Wildman–Crippen MR) is 116 cm³/mol. The average molecular weight is 406 g/mol. The third-order valence-electron chi connectivity index (χ3n) is 5.83. The van der Waals surface area contributed by atoms with E-state index < -0.39 is 0 Å². The second kappa shape index (κ2) is 9.17.